The molecule has 0 rings (SSSR count). The van der Waals surface area contributed by atoms with E-state index in [0.717, 1.165) is 19.4 Å². The number of hydrogen-bond donors (Lipinski definition) is 0. The van der Waals surface area contributed by atoms with Gasteiger partial charge in [0.15, 0.2) is 0 Å². The van der Waals surface area contributed by atoms with E-state index in [0.29, 0.717) is 6.54 Å². The van der Waals surface area contributed by atoms with Gasteiger partial charge in [-0.3, -0.25) is 4.79 Å². The lowest BCUT2D eigenvalue weighted by Crippen LogP contribution is -2.35. The molecule has 0 aromatic heterocycles. The van der Waals surface area contributed by atoms with E-state index in [4.69, 9.17) is 0 Å². The van der Waals surface area contributed by atoms with Crippen LogP contribution in [0, 0.1) is 5.92 Å². The van der Waals surface area contributed by atoms with Crippen molar-refractivity contribution in [1.82, 2.24) is 4.90 Å². The number of nitrogens with zero attached hydrogens (tertiary/aromatic N) is 1. The van der Waals surface area contributed by atoms with Crippen LogP contribution in [0.15, 0.2) is 12.7 Å². The van der Waals surface area contributed by atoms with Crippen molar-refractivity contribution in [2.75, 3.05) is 13.1 Å². The first-order valence-electron chi connectivity index (χ1n) is 5.10. The molecule has 1 amide bonds. The molecule has 13 heavy (non-hydrogen) atoms. The minimum atomic E-state index is 0.194. The Kier molecular flexibility index (Phi) is 6.29. The average Bonchev–Trinajstić information content (AvgIpc) is 2.15. The molecule has 0 aromatic carbocycles. The van der Waals surface area contributed by atoms with Crippen LogP contribution >= 0.6 is 0 Å². The molecule has 0 aliphatic heterocycles. The monoisotopic (exact) mass is 183 g/mol. The van der Waals surface area contributed by atoms with Crippen LogP contribution in [0.25, 0.3) is 0 Å². The fourth-order valence-electron chi connectivity index (χ4n) is 1.43. The van der Waals surface area contributed by atoms with Crippen LogP contribution in [0.1, 0.15) is 33.6 Å². The molecule has 0 aromatic rings. The highest BCUT2D eigenvalue weighted by molar-refractivity contribution is 5.78. The summed E-state index contributed by atoms with van der Waals surface area (Å²) in [7, 11) is 0. The summed E-state index contributed by atoms with van der Waals surface area (Å²) in [6.45, 7) is 11.2. The van der Waals surface area contributed by atoms with Gasteiger partial charge in [-0.15, -0.1) is 6.58 Å². The van der Waals surface area contributed by atoms with Gasteiger partial charge < -0.3 is 4.90 Å². The van der Waals surface area contributed by atoms with Gasteiger partial charge >= 0.3 is 0 Å². The largest absolute Gasteiger partial charge is 0.339 e. The van der Waals surface area contributed by atoms with Gasteiger partial charge in [-0.1, -0.05) is 19.9 Å². The molecule has 0 radical (unpaired) electrons. The lowest BCUT2D eigenvalue weighted by atomic mass is 10.0. The molecule has 0 spiro atoms. The molecule has 0 saturated carbocycles. The Morgan fingerprint density at radius 1 is 1.38 bits per heavy atom. The van der Waals surface area contributed by atoms with Crippen LogP contribution in [0.5, 0.6) is 0 Å². The van der Waals surface area contributed by atoms with E-state index in [9.17, 15) is 4.79 Å². The Labute approximate surface area is 81.6 Å². The molecule has 0 unspecified atom stereocenters. The zero-order chi connectivity index (χ0) is 10.3. The second-order valence-electron chi connectivity index (χ2n) is 3.18. The molecule has 2 nitrogen and oxygen atoms in total. The lowest BCUT2D eigenvalue weighted by Gasteiger charge is -2.23. The van der Waals surface area contributed by atoms with Crippen molar-refractivity contribution in [2.45, 2.75) is 33.6 Å². The summed E-state index contributed by atoms with van der Waals surface area (Å²) in [5, 5.41) is 0. The van der Waals surface area contributed by atoms with Crippen molar-refractivity contribution in [1.29, 1.82) is 0 Å². The normalized spacial score (nSPS) is 10.2. The smallest absolute Gasteiger partial charge is 0.225 e. The van der Waals surface area contributed by atoms with Crippen molar-refractivity contribution in [2.24, 2.45) is 5.92 Å². The molecule has 0 bridgehead atoms. The summed E-state index contributed by atoms with van der Waals surface area (Å²) in [6, 6.07) is 0. The van der Waals surface area contributed by atoms with E-state index in [2.05, 4.69) is 20.4 Å². The second-order valence-corrected chi connectivity index (χ2v) is 3.18. The Hall–Kier alpha value is -0.790. The molecule has 0 N–H and O–H groups in total. The fraction of sp³-hybridized carbons (Fsp3) is 0.727. The van der Waals surface area contributed by atoms with Gasteiger partial charge in [0.1, 0.15) is 0 Å². The van der Waals surface area contributed by atoms with E-state index >= 15 is 0 Å². The summed E-state index contributed by atoms with van der Waals surface area (Å²) < 4.78 is 0. The van der Waals surface area contributed by atoms with Crippen LogP contribution in [0.3, 0.4) is 0 Å². The molecule has 0 saturated heterocycles. The van der Waals surface area contributed by atoms with Gasteiger partial charge in [0, 0.05) is 19.0 Å². The molecule has 2 heteroatoms. The molecule has 0 fully saturated rings. The van der Waals surface area contributed by atoms with E-state index in [1.165, 1.54) is 0 Å². The van der Waals surface area contributed by atoms with Gasteiger partial charge in [0.2, 0.25) is 5.91 Å². The van der Waals surface area contributed by atoms with Crippen molar-refractivity contribution in [3.8, 4) is 0 Å². The minimum absolute atomic E-state index is 0.194. The SMILES string of the molecule is C=CCN(CC)C(=O)C(CC)CC. The van der Waals surface area contributed by atoms with Gasteiger partial charge in [-0.25, -0.2) is 0 Å². The Balaban J connectivity index is 4.24. The topological polar surface area (TPSA) is 20.3 Å². The Morgan fingerprint density at radius 3 is 2.23 bits per heavy atom. The van der Waals surface area contributed by atoms with E-state index in [1.54, 1.807) is 6.08 Å². The zero-order valence-electron chi connectivity index (χ0n) is 9.05. The predicted molar refractivity (Wildman–Crippen MR) is 56.5 cm³/mol. The summed E-state index contributed by atoms with van der Waals surface area (Å²) in [6.07, 6.45) is 3.65. The van der Waals surface area contributed by atoms with Gasteiger partial charge in [0.25, 0.3) is 0 Å². The summed E-state index contributed by atoms with van der Waals surface area (Å²) in [4.78, 5) is 13.7. The number of carbonyl (C=O) groups is 1. The number of amides is 1. The molecular weight excluding hydrogens is 162 g/mol. The van der Waals surface area contributed by atoms with Crippen LogP contribution in [0.2, 0.25) is 0 Å². The highest BCUT2D eigenvalue weighted by atomic mass is 16.2. The highest BCUT2D eigenvalue weighted by Crippen LogP contribution is 2.11. The average molecular weight is 183 g/mol. The summed E-state index contributed by atoms with van der Waals surface area (Å²) >= 11 is 0. The fourth-order valence-corrected chi connectivity index (χ4v) is 1.43. The van der Waals surface area contributed by atoms with E-state index in [-0.39, 0.29) is 11.8 Å². The summed E-state index contributed by atoms with van der Waals surface area (Å²) in [5.41, 5.74) is 0. The number of rotatable bonds is 6. The molecule has 0 heterocycles. The summed E-state index contributed by atoms with van der Waals surface area (Å²) in [5.74, 6) is 0.465. The van der Waals surface area contributed by atoms with Crippen LogP contribution in [-0.2, 0) is 4.79 Å². The Morgan fingerprint density at radius 2 is 1.92 bits per heavy atom. The van der Waals surface area contributed by atoms with Crippen molar-refractivity contribution >= 4 is 5.91 Å². The maximum atomic E-state index is 11.8. The van der Waals surface area contributed by atoms with Crippen molar-refractivity contribution in [3.63, 3.8) is 0 Å². The number of likely N-dealkylation sites (N-methyl/N-ethyl adjacent to an activating group) is 1. The lowest BCUT2D eigenvalue weighted by molar-refractivity contribution is -0.135. The third-order valence-electron chi connectivity index (χ3n) is 2.38. The zero-order valence-corrected chi connectivity index (χ0v) is 9.05. The number of carbonyl (C=O) groups excluding carboxylic acids is 1. The van der Waals surface area contributed by atoms with E-state index in [1.807, 2.05) is 11.8 Å². The molecule has 0 aliphatic rings. The quantitative estimate of drug-likeness (QED) is 0.579. The van der Waals surface area contributed by atoms with Crippen LogP contribution < -0.4 is 0 Å². The van der Waals surface area contributed by atoms with E-state index < -0.39 is 0 Å². The maximum Gasteiger partial charge on any atom is 0.225 e. The van der Waals surface area contributed by atoms with Gasteiger partial charge in [0.05, 0.1) is 0 Å². The first-order valence-corrected chi connectivity index (χ1v) is 5.10. The molecule has 0 atom stereocenters. The van der Waals surface area contributed by atoms with Crippen molar-refractivity contribution < 1.29 is 4.79 Å². The molecule has 76 valence electrons. The van der Waals surface area contributed by atoms with Gasteiger partial charge in [-0.2, -0.15) is 0 Å². The third kappa shape index (κ3) is 3.62. The first kappa shape index (κ1) is 12.2. The molecular formula is C11H21NO. The third-order valence-corrected chi connectivity index (χ3v) is 2.38. The second kappa shape index (κ2) is 6.70. The standard InChI is InChI=1S/C11H21NO/c1-5-9-12(8-4)11(13)10(6-2)7-3/h5,10H,1,6-9H2,2-4H3. The first-order chi connectivity index (χ1) is 6.21. The van der Waals surface area contributed by atoms with Gasteiger partial charge in [-0.05, 0) is 19.8 Å². The Bertz CT molecular complexity index is 161. The van der Waals surface area contributed by atoms with Crippen LogP contribution in [-0.4, -0.2) is 23.9 Å². The van der Waals surface area contributed by atoms with Crippen LogP contribution in [0.4, 0.5) is 0 Å². The minimum Gasteiger partial charge on any atom is -0.339 e. The van der Waals surface area contributed by atoms with Crippen molar-refractivity contribution in [3.05, 3.63) is 12.7 Å². The predicted octanol–water partition coefficient (Wildman–Crippen LogP) is 2.46. The number of hydrogen-bond acceptors (Lipinski definition) is 1. The maximum absolute atomic E-state index is 11.8. The molecule has 0 aliphatic carbocycles. The highest BCUT2D eigenvalue weighted by Gasteiger charge is 2.18.